The first-order valence-electron chi connectivity index (χ1n) is 8.69. The Kier molecular flexibility index (Phi) is 6.06. The molecule has 0 saturated carbocycles. The maximum Gasteiger partial charge on any atom is 0.273 e. The molecule has 28 heavy (non-hydrogen) atoms. The molecule has 2 amide bonds. The first-order chi connectivity index (χ1) is 13.5. The highest BCUT2D eigenvalue weighted by Gasteiger charge is 2.17. The molecule has 7 heteroatoms. The first-order valence-corrected chi connectivity index (χ1v) is 9.57. The predicted octanol–water partition coefficient (Wildman–Crippen LogP) is 3.98. The summed E-state index contributed by atoms with van der Waals surface area (Å²) >= 11 is 1.23. The number of rotatable bonds is 6. The zero-order chi connectivity index (χ0) is 20.1. The third kappa shape index (κ3) is 4.55. The van der Waals surface area contributed by atoms with Crippen LogP contribution in [-0.2, 0) is 6.54 Å². The molecular formula is C21H21N3O3S. The Morgan fingerprint density at radius 2 is 1.96 bits per heavy atom. The highest BCUT2D eigenvalue weighted by molar-refractivity contribution is 7.14. The third-order valence-corrected chi connectivity index (χ3v) is 4.99. The molecule has 3 aromatic rings. The molecule has 6 nitrogen and oxygen atoms in total. The lowest BCUT2D eigenvalue weighted by Crippen LogP contribution is -2.26. The van der Waals surface area contributed by atoms with Gasteiger partial charge in [0.25, 0.3) is 11.8 Å². The van der Waals surface area contributed by atoms with Crippen LogP contribution in [0.4, 0.5) is 5.13 Å². The number of carbonyl (C=O) groups excluding carboxylic acids is 2. The number of aryl methyl sites for hydroxylation is 1. The monoisotopic (exact) mass is 395 g/mol. The second-order valence-electron chi connectivity index (χ2n) is 6.32. The van der Waals surface area contributed by atoms with Crippen molar-refractivity contribution in [3.8, 4) is 5.75 Å². The van der Waals surface area contributed by atoms with Crippen molar-refractivity contribution in [3.05, 3.63) is 76.3 Å². The van der Waals surface area contributed by atoms with Gasteiger partial charge in [-0.1, -0.05) is 30.3 Å². The standard InChI is InChI=1S/C21H21N3O3S/c1-14-7-4-5-10-17(14)19(25)23-21-22-18(13-28-21)20(26)24(2)12-15-8-6-9-16(11-15)27-3/h4-11,13H,12H2,1-3H3,(H,22,23,25). The largest absolute Gasteiger partial charge is 0.497 e. The second-order valence-corrected chi connectivity index (χ2v) is 7.18. The quantitative estimate of drug-likeness (QED) is 0.685. The summed E-state index contributed by atoms with van der Waals surface area (Å²) in [5.41, 5.74) is 2.72. The molecule has 0 spiro atoms. The molecule has 0 atom stereocenters. The molecular weight excluding hydrogens is 374 g/mol. The van der Waals surface area contributed by atoms with E-state index in [1.165, 1.54) is 11.3 Å². The number of thiazole rings is 1. The minimum absolute atomic E-state index is 0.213. The number of anilines is 1. The van der Waals surface area contributed by atoms with Gasteiger partial charge < -0.3 is 9.64 Å². The summed E-state index contributed by atoms with van der Waals surface area (Å²) in [6.07, 6.45) is 0. The number of nitrogens with zero attached hydrogens (tertiary/aromatic N) is 2. The maximum atomic E-state index is 12.7. The van der Waals surface area contributed by atoms with Crippen molar-refractivity contribution in [3.63, 3.8) is 0 Å². The number of benzene rings is 2. The SMILES string of the molecule is COc1cccc(CN(C)C(=O)c2csc(NC(=O)c3ccccc3C)n2)c1. The summed E-state index contributed by atoms with van der Waals surface area (Å²) in [5, 5.41) is 4.80. The van der Waals surface area contributed by atoms with Crippen LogP contribution < -0.4 is 10.1 Å². The van der Waals surface area contributed by atoms with Crippen molar-refractivity contribution in [2.24, 2.45) is 0 Å². The van der Waals surface area contributed by atoms with Crippen LogP contribution in [0, 0.1) is 6.92 Å². The number of ether oxygens (including phenoxy) is 1. The van der Waals surface area contributed by atoms with Crippen molar-refractivity contribution in [2.75, 3.05) is 19.5 Å². The van der Waals surface area contributed by atoms with Crippen LogP contribution in [-0.4, -0.2) is 35.9 Å². The van der Waals surface area contributed by atoms with Crippen molar-refractivity contribution in [1.82, 2.24) is 9.88 Å². The fraction of sp³-hybridized carbons (Fsp3) is 0.190. The molecule has 0 unspecified atom stereocenters. The Morgan fingerprint density at radius 3 is 2.71 bits per heavy atom. The smallest absolute Gasteiger partial charge is 0.273 e. The van der Waals surface area contributed by atoms with Crippen LogP contribution in [0.2, 0.25) is 0 Å². The normalized spacial score (nSPS) is 10.4. The van der Waals surface area contributed by atoms with Crippen LogP contribution >= 0.6 is 11.3 Å². The van der Waals surface area contributed by atoms with Crippen LogP contribution in [0.25, 0.3) is 0 Å². The Morgan fingerprint density at radius 1 is 1.18 bits per heavy atom. The first kappa shape index (κ1) is 19.6. The summed E-state index contributed by atoms with van der Waals surface area (Å²) in [5.74, 6) is 0.292. The van der Waals surface area contributed by atoms with Crippen molar-refractivity contribution < 1.29 is 14.3 Å². The summed E-state index contributed by atoms with van der Waals surface area (Å²) in [4.78, 5) is 30.9. The van der Waals surface area contributed by atoms with E-state index in [9.17, 15) is 9.59 Å². The molecule has 0 aliphatic rings. The molecule has 0 aliphatic carbocycles. The zero-order valence-electron chi connectivity index (χ0n) is 15.9. The van der Waals surface area contributed by atoms with Gasteiger partial charge in [0, 0.05) is 24.5 Å². The molecule has 0 bridgehead atoms. The summed E-state index contributed by atoms with van der Waals surface area (Å²) in [6.45, 7) is 2.30. The van der Waals surface area contributed by atoms with E-state index < -0.39 is 0 Å². The number of methoxy groups -OCH3 is 1. The molecule has 2 aromatic carbocycles. The van der Waals surface area contributed by atoms with Gasteiger partial charge in [-0.3, -0.25) is 14.9 Å². The molecule has 0 radical (unpaired) electrons. The van der Waals surface area contributed by atoms with Gasteiger partial charge in [0.1, 0.15) is 11.4 Å². The van der Waals surface area contributed by atoms with E-state index in [4.69, 9.17) is 4.74 Å². The van der Waals surface area contributed by atoms with E-state index in [1.807, 2.05) is 49.4 Å². The topological polar surface area (TPSA) is 71.5 Å². The van der Waals surface area contributed by atoms with Gasteiger partial charge in [-0.2, -0.15) is 0 Å². The number of carbonyl (C=O) groups is 2. The average Bonchev–Trinajstić information content (AvgIpc) is 3.16. The third-order valence-electron chi connectivity index (χ3n) is 4.23. The average molecular weight is 395 g/mol. The Hall–Kier alpha value is -3.19. The molecule has 0 aliphatic heterocycles. The van der Waals surface area contributed by atoms with Gasteiger partial charge in [0.15, 0.2) is 5.13 Å². The fourth-order valence-corrected chi connectivity index (χ4v) is 3.41. The van der Waals surface area contributed by atoms with E-state index in [-0.39, 0.29) is 11.8 Å². The minimum atomic E-state index is -0.240. The summed E-state index contributed by atoms with van der Waals surface area (Å²) in [6, 6.07) is 14.9. The van der Waals surface area contributed by atoms with Gasteiger partial charge in [0.05, 0.1) is 7.11 Å². The van der Waals surface area contributed by atoms with E-state index in [0.717, 1.165) is 16.9 Å². The van der Waals surface area contributed by atoms with E-state index >= 15 is 0 Å². The fourth-order valence-electron chi connectivity index (χ4n) is 2.73. The van der Waals surface area contributed by atoms with E-state index in [2.05, 4.69) is 10.3 Å². The number of nitrogens with one attached hydrogen (secondary N) is 1. The van der Waals surface area contributed by atoms with Crippen molar-refractivity contribution >= 4 is 28.3 Å². The lowest BCUT2D eigenvalue weighted by molar-refractivity contribution is 0.0779. The minimum Gasteiger partial charge on any atom is -0.497 e. The lowest BCUT2D eigenvalue weighted by atomic mass is 10.1. The molecule has 1 N–H and O–H groups in total. The van der Waals surface area contributed by atoms with Gasteiger partial charge in [-0.15, -0.1) is 11.3 Å². The zero-order valence-corrected chi connectivity index (χ0v) is 16.7. The molecule has 1 aromatic heterocycles. The van der Waals surface area contributed by atoms with Gasteiger partial charge >= 0.3 is 0 Å². The molecule has 0 fully saturated rings. The predicted molar refractivity (Wildman–Crippen MR) is 110 cm³/mol. The second kappa shape index (κ2) is 8.67. The number of hydrogen-bond acceptors (Lipinski definition) is 5. The molecule has 1 heterocycles. The number of amides is 2. The van der Waals surface area contributed by atoms with Gasteiger partial charge in [-0.25, -0.2) is 4.98 Å². The Balaban J connectivity index is 1.66. The molecule has 0 saturated heterocycles. The van der Waals surface area contributed by atoms with E-state index in [1.54, 1.807) is 30.5 Å². The number of aromatic nitrogens is 1. The van der Waals surface area contributed by atoms with Crippen LogP contribution in [0.1, 0.15) is 32.0 Å². The van der Waals surface area contributed by atoms with E-state index in [0.29, 0.717) is 22.9 Å². The van der Waals surface area contributed by atoms with Crippen molar-refractivity contribution in [2.45, 2.75) is 13.5 Å². The van der Waals surface area contributed by atoms with Gasteiger partial charge in [-0.05, 0) is 36.2 Å². The molecule has 144 valence electrons. The molecule has 3 rings (SSSR count). The van der Waals surface area contributed by atoms with Crippen LogP contribution in [0.15, 0.2) is 53.9 Å². The highest BCUT2D eigenvalue weighted by Crippen LogP contribution is 2.20. The highest BCUT2D eigenvalue weighted by atomic mass is 32.1. The van der Waals surface area contributed by atoms with Crippen LogP contribution in [0.5, 0.6) is 5.75 Å². The summed E-state index contributed by atoms with van der Waals surface area (Å²) in [7, 11) is 3.32. The maximum absolute atomic E-state index is 12.7. The van der Waals surface area contributed by atoms with Crippen molar-refractivity contribution in [1.29, 1.82) is 0 Å². The number of hydrogen-bond donors (Lipinski definition) is 1. The Labute approximate surface area is 167 Å². The van der Waals surface area contributed by atoms with Crippen LogP contribution in [0.3, 0.4) is 0 Å². The Bertz CT molecular complexity index is 1000. The lowest BCUT2D eigenvalue weighted by Gasteiger charge is -2.16. The van der Waals surface area contributed by atoms with Gasteiger partial charge in [0.2, 0.25) is 0 Å². The summed E-state index contributed by atoms with van der Waals surface area (Å²) < 4.78 is 5.21.